The van der Waals surface area contributed by atoms with Crippen molar-refractivity contribution in [1.82, 2.24) is 0 Å². The monoisotopic (exact) mass is 272 g/mol. The van der Waals surface area contributed by atoms with Gasteiger partial charge >= 0.3 is 0 Å². The highest BCUT2D eigenvalue weighted by molar-refractivity contribution is 6.34. The van der Waals surface area contributed by atoms with E-state index in [0.29, 0.717) is 10.6 Å². The minimum absolute atomic E-state index is 0.00344. The van der Waals surface area contributed by atoms with Crippen LogP contribution in [0.2, 0.25) is 5.02 Å². The van der Waals surface area contributed by atoms with Gasteiger partial charge in [0.05, 0.1) is 5.02 Å². The lowest BCUT2D eigenvalue weighted by atomic mass is 9.99. The molecule has 2 heteroatoms. The fraction of sp³-hybridized carbons (Fsp3) is 0.235. The van der Waals surface area contributed by atoms with Crippen LogP contribution in [0.15, 0.2) is 42.5 Å². The van der Waals surface area contributed by atoms with Crippen LogP contribution in [0.25, 0.3) is 11.1 Å². The van der Waals surface area contributed by atoms with Crippen LogP contribution in [-0.4, -0.2) is 5.78 Å². The van der Waals surface area contributed by atoms with Crippen LogP contribution >= 0.6 is 11.6 Å². The molecule has 0 N–H and O–H groups in total. The molecule has 19 heavy (non-hydrogen) atoms. The number of halogens is 1. The highest BCUT2D eigenvalue weighted by atomic mass is 35.5. The second-order valence-corrected chi connectivity index (χ2v) is 5.11. The molecule has 0 aromatic heterocycles. The van der Waals surface area contributed by atoms with Crippen molar-refractivity contribution in [3.63, 3.8) is 0 Å². The van der Waals surface area contributed by atoms with Crippen molar-refractivity contribution in [2.24, 2.45) is 0 Å². The molecule has 0 aliphatic rings. The maximum atomic E-state index is 11.4. The van der Waals surface area contributed by atoms with Gasteiger partial charge in [-0.2, -0.15) is 0 Å². The molecule has 0 fully saturated rings. The van der Waals surface area contributed by atoms with Crippen molar-refractivity contribution in [3.05, 3.63) is 58.6 Å². The zero-order chi connectivity index (χ0) is 13.8. The number of carbonyl (C=O) groups is 1. The van der Waals surface area contributed by atoms with E-state index in [-0.39, 0.29) is 5.78 Å². The van der Waals surface area contributed by atoms with Gasteiger partial charge in [-0.3, -0.25) is 4.79 Å². The summed E-state index contributed by atoms with van der Waals surface area (Å²) in [5.41, 5.74) is 4.10. The third-order valence-corrected chi connectivity index (χ3v) is 3.46. The Labute approximate surface area is 119 Å². The average Bonchev–Trinajstić information content (AvgIpc) is 2.39. The van der Waals surface area contributed by atoms with Crippen molar-refractivity contribution >= 4 is 17.4 Å². The Morgan fingerprint density at radius 3 is 2.47 bits per heavy atom. The summed E-state index contributed by atoms with van der Waals surface area (Å²) >= 11 is 6.15. The van der Waals surface area contributed by atoms with E-state index in [4.69, 9.17) is 11.6 Å². The van der Waals surface area contributed by atoms with Crippen LogP contribution in [0.4, 0.5) is 0 Å². The SMILES string of the molecule is CCCc1cccc(-c2ccc(C(C)=O)c(Cl)c2)c1. The van der Waals surface area contributed by atoms with Crippen LogP contribution < -0.4 is 0 Å². The molecule has 2 rings (SSSR count). The second kappa shape index (κ2) is 6.03. The molecule has 0 amide bonds. The summed E-state index contributed by atoms with van der Waals surface area (Å²) in [5.74, 6) is -0.00344. The van der Waals surface area contributed by atoms with E-state index < -0.39 is 0 Å². The first-order chi connectivity index (χ1) is 9.11. The Morgan fingerprint density at radius 2 is 1.84 bits per heavy atom. The number of carbonyl (C=O) groups excluding carboxylic acids is 1. The molecule has 0 aliphatic heterocycles. The number of Topliss-reactive ketones (excluding diaryl/α,β-unsaturated/α-hetero) is 1. The predicted molar refractivity (Wildman–Crippen MR) is 80.9 cm³/mol. The molecule has 0 atom stereocenters. The number of benzene rings is 2. The van der Waals surface area contributed by atoms with E-state index in [0.717, 1.165) is 24.0 Å². The van der Waals surface area contributed by atoms with E-state index in [9.17, 15) is 4.79 Å². The summed E-state index contributed by atoms with van der Waals surface area (Å²) < 4.78 is 0. The van der Waals surface area contributed by atoms with Crippen molar-refractivity contribution in [2.45, 2.75) is 26.7 Å². The van der Waals surface area contributed by atoms with Crippen molar-refractivity contribution in [1.29, 1.82) is 0 Å². The molecular weight excluding hydrogens is 256 g/mol. The molecule has 0 saturated heterocycles. The fourth-order valence-electron chi connectivity index (χ4n) is 2.18. The summed E-state index contributed by atoms with van der Waals surface area (Å²) in [6.07, 6.45) is 2.21. The highest BCUT2D eigenvalue weighted by Crippen LogP contribution is 2.26. The largest absolute Gasteiger partial charge is 0.294 e. The third kappa shape index (κ3) is 3.24. The predicted octanol–water partition coefficient (Wildman–Crippen LogP) is 5.16. The summed E-state index contributed by atoms with van der Waals surface area (Å²) in [6, 6.07) is 14.1. The van der Waals surface area contributed by atoms with E-state index in [1.165, 1.54) is 12.5 Å². The van der Waals surface area contributed by atoms with Gasteiger partial charge in [0, 0.05) is 5.56 Å². The average molecular weight is 273 g/mol. The van der Waals surface area contributed by atoms with Crippen LogP contribution in [0.1, 0.15) is 36.2 Å². The first-order valence-corrected chi connectivity index (χ1v) is 6.89. The number of aryl methyl sites for hydroxylation is 1. The zero-order valence-corrected chi connectivity index (χ0v) is 12.0. The molecule has 2 aromatic carbocycles. The van der Waals surface area contributed by atoms with Crippen LogP contribution in [0.5, 0.6) is 0 Å². The molecule has 0 bridgehead atoms. The molecule has 0 heterocycles. The fourth-order valence-corrected chi connectivity index (χ4v) is 2.49. The molecule has 2 aromatic rings. The zero-order valence-electron chi connectivity index (χ0n) is 11.2. The minimum Gasteiger partial charge on any atom is -0.294 e. The molecular formula is C17H17ClO. The number of ketones is 1. The van der Waals surface area contributed by atoms with Crippen molar-refractivity contribution in [2.75, 3.05) is 0 Å². The van der Waals surface area contributed by atoms with Gasteiger partial charge in [-0.1, -0.05) is 55.3 Å². The van der Waals surface area contributed by atoms with Crippen molar-refractivity contribution < 1.29 is 4.79 Å². The quantitative estimate of drug-likeness (QED) is 0.703. The Balaban J connectivity index is 2.39. The first kappa shape index (κ1) is 13.8. The summed E-state index contributed by atoms with van der Waals surface area (Å²) in [5, 5.41) is 0.519. The molecule has 1 nitrogen and oxygen atoms in total. The second-order valence-electron chi connectivity index (χ2n) is 4.70. The first-order valence-electron chi connectivity index (χ1n) is 6.51. The smallest absolute Gasteiger partial charge is 0.161 e. The van der Waals surface area contributed by atoms with E-state index >= 15 is 0 Å². The van der Waals surface area contributed by atoms with Gasteiger partial charge in [0.15, 0.2) is 5.78 Å². The van der Waals surface area contributed by atoms with Gasteiger partial charge in [0.25, 0.3) is 0 Å². The van der Waals surface area contributed by atoms with E-state index in [1.54, 1.807) is 6.07 Å². The summed E-state index contributed by atoms with van der Waals surface area (Å²) in [4.78, 5) is 11.4. The minimum atomic E-state index is -0.00344. The Kier molecular flexibility index (Phi) is 4.39. The molecule has 0 radical (unpaired) electrons. The van der Waals surface area contributed by atoms with Crippen LogP contribution in [0, 0.1) is 0 Å². The lowest BCUT2D eigenvalue weighted by molar-refractivity contribution is 0.101. The number of hydrogen-bond acceptors (Lipinski definition) is 1. The van der Waals surface area contributed by atoms with Crippen molar-refractivity contribution in [3.8, 4) is 11.1 Å². The lowest BCUT2D eigenvalue weighted by Gasteiger charge is -2.07. The van der Waals surface area contributed by atoms with Gasteiger partial charge in [-0.25, -0.2) is 0 Å². The van der Waals surface area contributed by atoms with Gasteiger partial charge in [0.2, 0.25) is 0 Å². The van der Waals surface area contributed by atoms with Gasteiger partial charge in [0.1, 0.15) is 0 Å². The molecule has 0 aliphatic carbocycles. The van der Waals surface area contributed by atoms with E-state index in [1.807, 2.05) is 12.1 Å². The maximum absolute atomic E-state index is 11.4. The molecule has 0 unspecified atom stereocenters. The summed E-state index contributed by atoms with van der Waals surface area (Å²) in [6.45, 7) is 3.70. The lowest BCUT2D eigenvalue weighted by Crippen LogP contribution is -1.93. The molecule has 0 saturated carbocycles. The van der Waals surface area contributed by atoms with E-state index in [2.05, 4.69) is 31.2 Å². The molecule has 98 valence electrons. The third-order valence-electron chi connectivity index (χ3n) is 3.15. The molecule has 0 spiro atoms. The number of hydrogen-bond donors (Lipinski definition) is 0. The van der Waals surface area contributed by atoms with Crippen LogP contribution in [0.3, 0.4) is 0 Å². The normalized spacial score (nSPS) is 10.5. The van der Waals surface area contributed by atoms with Gasteiger partial charge < -0.3 is 0 Å². The Bertz CT molecular complexity index is 602. The summed E-state index contributed by atoms with van der Waals surface area (Å²) in [7, 11) is 0. The maximum Gasteiger partial charge on any atom is 0.161 e. The Hall–Kier alpha value is -1.60. The Morgan fingerprint density at radius 1 is 1.11 bits per heavy atom. The van der Waals surface area contributed by atoms with Gasteiger partial charge in [-0.05, 0) is 42.2 Å². The van der Waals surface area contributed by atoms with Crippen LogP contribution in [-0.2, 0) is 6.42 Å². The highest BCUT2D eigenvalue weighted by Gasteiger charge is 2.07. The topological polar surface area (TPSA) is 17.1 Å². The van der Waals surface area contributed by atoms with Gasteiger partial charge in [-0.15, -0.1) is 0 Å². The number of rotatable bonds is 4. The standard InChI is InChI=1S/C17H17ClO/c1-3-5-13-6-4-7-14(10-13)15-8-9-16(12(2)19)17(18)11-15/h4,6-11H,3,5H2,1-2H3.